The molecule has 0 bridgehead atoms. The van der Waals surface area contributed by atoms with E-state index in [1.165, 1.54) is 0 Å². The smallest absolute Gasteiger partial charge is 0.219 e. The number of nitrogens with one attached hydrogen (secondary N) is 1. The van der Waals surface area contributed by atoms with E-state index in [9.17, 15) is 4.79 Å². The number of carbonyl (C=O) groups is 1. The van der Waals surface area contributed by atoms with Crippen molar-refractivity contribution in [2.24, 2.45) is 10.7 Å². The number of hydrogen-bond donors (Lipinski definition) is 2. The molecule has 0 aliphatic carbocycles. The molecule has 3 N–H and O–H groups in total. The first-order valence-corrected chi connectivity index (χ1v) is 4.26. The quantitative estimate of drug-likeness (QED) is 0.626. The Bertz CT molecular complexity index is 200. The SMILES string of the molecule is CC(CC(N)=O)NC1=NCCC1. The van der Waals surface area contributed by atoms with Gasteiger partial charge in [-0.3, -0.25) is 9.79 Å². The van der Waals surface area contributed by atoms with Crippen LogP contribution >= 0.6 is 0 Å². The highest BCUT2D eigenvalue weighted by Crippen LogP contribution is 2.02. The number of primary amides is 1. The highest BCUT2D eigenvalue weighted by molar-refractivity contribution is 5.84. The summed E-state index contributed by atoms with van der Waals surface area (Å²) in [7, 11) is 0. The molecular formula is C8H15N3O. The first-order chi connectivity index (χ1) is 5.68. The number of aliphatic imine (C=N–C) groups is 1. The highest BCUT2D eigenvalue weighted by Gasteiger charge is 2.10. The zero-order valence-electron chi connectivity index (χ0n) is 7.34. The lowest BCUT2D eigenvalue weighted by atomic mass is 10.2. The van der Waals surface area contributed by atoms with Gasteiger partial charge in [0.05, 0.1) is 5.84 Å². The number of amides is 1. The Labute approximate surface area is 72.2 Å². The fourth-order valence-electron chi connectivity index (χ4n) is 1.29. The molecule has 0 aromatic rings. The minimum absolute atomic E-state index is 0.111. The number of carbonyl (C=O) groups excluding carboxylic acids is 1. The van der Waals surface area contributed by atoms with Crippen LogP contribution < -0.4 is 11.1 Å². The monoisotopic (exact) mass is 169 g/mol. The zero-order chi connectivity index (χ0) is 8.97. The lowest BCUT2D eigenvalue weighted by Crippen LogP contribution is -2.34. The van der Waals surface area contributed by atoms with Crippen molar-refractivity contribution in [3.05, 3.63) is 0 Å². The number of nitrogens with zero attached hydrogens (tertiary/aromatic N) is 1. The number of nitrogens with two attached hydrogens (primary N) is 1. The molecule has 1 aliphatic heterocycles. The van der Waals surface area contributed by atoms with E-state index in [-0.39, 0.29) is 11.9 Å². The summed E-state index contributed by atoms with van der Waals surface area (Å²) >= 11 is 0. The summed E-state index contributed by atoms with van der Waals surface area (Å²) in [4.78, 5) is 14.8. The van der Waals surface area contributed by atoms with Gasteiger partial charge in [0.15, 0.2) is 0 Å². The minimum Gasteiger partial charge on any atom is -0.371 e. The third kappa shape index (κ3) is 2.90. The van der Waals surface area contributed by atoms with Crippen LogP contribution in [0.2, 0.25) is 0 Å². The van der Waals surface area contributed by atoms with Crippen molar-refractivity contribution < 1.29 is 4.79 Å². The number of rotatable bonds is 3. The molecule has 1 aliphatic rings. The predicted octanol–water partition coefficient (Wildman–Crippen LogP) is 0.0322. The minimum atomic E-state index is -0.270. The van der Waals surface area contributed by atoms with Gasteiger partial charge in [-0.2, -0.15) is 0 Å². The molecule has 12 heavy (non-hydrogen) atoms. The fourth-order valence-corrected chi connectivity index (χ4v) is 1.29. The molecule has 0 aromatic heterocycles. The van der Waals surface area contributed by atoms with Gasteiger partial charge in [0.2, 0.25) is 5.91 Å². The van der Waals surface area contributed by atoms with Gasteiger partial charge in [0.25, 0.3) is 0 Å². The molecule has 1 amide bonds. The molecule has 0 aromatic carbocycles. The average Bonchev–Trinajstić information content (AvgIpc) is 2.37. The van der Waals surface area contributed by atoms with E-state index in [1.54, 1.807) is 0 Å². The Morgan fingerprint density at radius 3 is 3.08 bits per heavy atom. The molecule has 0 fully saturated rings. The molecule has 4 nitrogen and oxygen atoms in total. The summed E-state index contributed by atoms with van der Waals surface area (Å²) in [5.41, 5.74) is 5.05. The Hall–Kier alpha value is -1.06. The predicted molar refractivity (Wildman–Crippen MR) is 47.9 cm³/mol. The van der Waals surface area contributed by atoms with Gasteiger partial charge in [-0.15, -0.1) is 0 Å². The van der Waals surface area contributed by atoms with Crippen LogP contribution in [0.25, 0.3) is 0 Å². The Morgan fingerprint density at radius 1 is 1.83 bits per heavy atom. The van der Waals surface area contributed by atoms with Crippen molar-refractivity contribution in [1.82, 2.24) is 5.32 Å². The second-order valence-electron chi connectivity index (χ2n) is 3.15. The van der Waals surface area contributed by atoms with Crippen LogP contribution in [0.1, 0.15) is 26.2 Å². The van der Waals surface area contributed by atoms with Gasteiger partial charge >= 0.3 is 0 Å². The topological polar surface area (TPSA) is 67.5 Å². The Kier molecular flexibility index (Phi) is 3.08. The van der Waals surface area contributed by atoms with Crippen molar-refractivity contribution in [2.45, 2.75) is 32.2 Å². The molecule has 0 spiro atoms. The van der Waals surface area contributed by atoms with Gasteiger partial charge in [0.1, 0.15) is 0 Å². The second-order valence-corrected chi connectivity index (χ2v) is 3.15. The molecule has 1 unspecified atom stereocenters. The van der Waals surface area contributed by atoms with E-state index in [2.05, 4.69) is 10.3 Å². The summed E-state index contributed by atoms with van der Waals surface area (Å²) in [6.45, 7) is 2.84. The van der Waals surface area contributed by atoms with Crippen LogP contribution in [0.3, 0.4) is 0 Å². The first kappa shape index (κ1) is 9.03. The summed E-state index contributed by atoms with van der Waals surface area (Å²) < 4.78 is 0. The molecule has 4 heteroatoms. The molecule has 1 heterocycles. The van der Waals surface area contributed by atoms with Gasteiger partial charge in [-0.05, 0) is 13.3 Å². The van der Waals surface area contributed by atoms with E-state index >= 15 is 0 Å². The molecule has 0 saturated carbocycles. The van der Waals surface area contributed by atoms with E-state index in [0.717, 1.165) is 25.2 Å². The largest absolute Gasteiger partial charge is 0.371 e. The summed E-state index contributed by atoms with van der Waals surface area (Å²) in [6, 6.07) is 0.111. The second kappa shape index (κ2) is 4.09. The standard InChI is InChI=1S/C8H15N3O/c1-6(5-7(9)12)11-8-3-2-4-10-8/h6H,2-5H2,1H3,(H2,9,12)(H,10,11). The van der Waals surface area contributed by atoms with Crippen LogP contribution in [0, 0.1) is 0 Å². The maximum atomic E-state index is 10.5. The summed E-state index contributed by atoms with van der Waals surface area (Å²) in [6.07, 6.45) is 2.49. The van der Waals surface area contributed by atoms with Crippen molar-refractivity contribution in [2.75, 3.05) is 6.54 Å². The van der Waals surface area contributed by atoms with Crippen LogP contribution in [0.4, 0.5) is 0 Å². The lowest BCUT2D eigenvalue weighted by molar-refractivity contribution is -0.118. The van der Waals surface area contributed by atoms with E-state index in [1.807, 2.05) is 6.92 Å². The van der Waals surface area contributed by atoms with Crippen LogP contribution in [-0.4, -0.2) is 24.3 Å². The van der Waals surface area contributed by atoms with Crippen molar-refractivity contribution >= 4 is 11.7 Å². The van der Waals surface area contributed by atoms with E-state index in [0.29, 0.717) is 6.42 Å². The summed E-state index contributed by atoms with van der Waals surface area (Å²) in [5.74, 6) is 0.748. The average molecular weight is 169 g/mol. The third-order valence-electron chi connectivity index (χ3n) is 1.79. The molecular weight excluding hydrogens is 154 g/mol. The molecule has 0 saturated heterocycles. The number of amidine groups is 1. The van der Waals surface area contributed by atoms with Gasteiger partial charge < -0.3 is 11.1 Å². The molecule has 1 atom stereocenters. The lowest BCUT2D eigenvalue weighted by Gasteiger charge is -2.12. The van der Waals surface area contributed by atoms with Gasteiger partial charge in [0, 0.05) is 25.4 Å². The first-order valence-electron chi connectivity index (χ1n) is 4.26. The fraction of sp³-hybridized carbons (Fsp3) is 0.750. The van der Waals surface area contributed by atoms with Crippen molar-refractivity contribution in [3.8, 4) is 0 Å². The maximum Gasteiger partial charge on any atom is 0.219 e. The van der Waals surface area contributed by atoms with Gasteiger partial charge in [-0.1, -0.05) is 0 Å². The summed E-state index contributed by atoms with van der Waals surface area (Å²) in [5, 5.41) is 3.16. The molecule has 68 valence electrons. The van der Waals surface area contributed by atoms with Crippen molar-refractivity contribution in [3.63, 3.8) is 0 Å². The maximum absolute atomic E-state index is 10.5. The highest BCUT2D eigenvalue weighted by atomic mass is 16.1. The van der Waals surface area contributed by atoms with Crippen molar-refractivity contribution in [1.29, 1.82) is 0 Å². The number of hydrogen-bond acceptors (Lipinski definition) is 3. The Morgan fingerprint density at radius 2 is 2.58 bits per heavy atom. The van der Waals surface area contributed by atoms with Crippen LogP contribution in [0.15, 0.2) is 4.99 Å². The van der Waals surface area contributed by atoms with Crippen LogP contribution in [0.5, 0.6) is 0 Å². The van der Waals surface area contributed by atoms with Gasteiger partial charge in [-0.25, -0.2) is 0 Å². The molecule has 0 radical (unpaired) electrons. The molecule has 1 rings (SSSR count). The van der Waals surface area contributed by atoms with E-state index in [4.69, 9.17) is 5.73 Å². The van der Waals surface area contributed by atoms with E-state index < -0.39 is 0 Å². The Balaban J connectivity index is 2.25. The zero-order valence-corrected chi connectivity index (χ0v) is 7.34. The van der Waals surface area contributed by atoms with Crippen LogP contribution in [-0.2, 0) is 4.79 Å². The third-order valence-corrected chi connectivity index (χ3v) is 1.79. The normalized spacial score (nSPS) is 18.6.